The Kier molecular flexibility index (Phi) is 6.48. The molecule has 184 valence electrons. The molecule has 4 aromatic heterocycles. The minimum absolute atomic E-state index is 0.0274. The Hall–Kier alpha value is -4.83. The number of primary amides is 1. The lowest BCUT2D eigenvalue weighted by atomic mass is 10.0. The third kappa shape index (κ3) is 4.45. The lowest BCUT2D eigenvalue weighted by Crippen LogP contribution is -2.22. The Labute approximate surface area is 215 Å². The second-order valence-corrected chi connectivity index (χ2v) is 9.00. The normalized spacial score (nSPS) is 10.8. The monoisotopic (exact) mass is 509 g/mol. The molecule has 0 aliphatic heterocycles. The number of benzene rings is 2. The fourth-order valence-corrected chi connectivity index (χ4v) is 4.88. The van der Waals surface area contributed by atoms with Gasteiger partial charge in [0.1, 0.15) is 5.56 Å². The lowest BCUT2D eigenvalue weighted by molar-refractivity contribution is 0.100. The Bertz CT molecular complexity index is 1770. The summed E-state index contributed by atoms with van der Waals surface area (Å²) in [5.41, 5.74) is 15.8. The van der Waals surface area contributed by atoms with Gasteiger partial charge in [-0.05, 0) is 36.1 Å². The second-order valence-electron chi connectivity index (χ2n) is 8.11. The maximum Gasteiger partial charge on any atom is 0.263 e. The van der Waals surface area contributed by atoms with E-state index < -0.39 is 5.91 Å². The van der Waals surface area contributed by atoms with Crippen molar-refractivity contribution >= 4 is 39.5 Å². The Morgan fingerprint density at radius 1 is 1.08 bits per heavy atom. The van der Waals surface area contributed by atoms with Crippen molar-refractivity contribution in [3.8, 4) is 16.1 Å². The van der Waals surface area contributed by atoms with Crippen LogP contribution in [-0.4, -0.2) is 30.1 Å². The van der Waals surface area contributed by atoms with Crippen molar-refractivity contribution in [1.82, 2.24) is 24.1 Å². The average molecular weight is 510 g/mol. The predicted octanol–water partition coefficient (Wildman–Crippen LogP) is 4.09. The summed E-state index contributed by atoms with van der Waals surface area (Å²) in [5.74, 6) is -0.516. The summed E-state index contributed by atoms with van der Waals surface area (Å²) in [6, 6.07) is 19.6. The van der Waals surface area contributed by atoms with Gasteiger partial charge in [0, 0.05) is 35.5 Å². The number of carbonyl (C=O) groups excluding carboxylic acids is 1. The van der Waals surface area contributed by atoms with Gasteiger partial charge in [0.05, 0.1) is 15.8 Å². The van der Waals surface area contributed by atoms with Gasteiger partial charge in [0.25, 0.3) is 11.5 Å². The molecule has 0 saturated carbocycles. The Balaban J connectivity index is 0.000000182. The standard InChI is InChI=1S/C20H16N2OS.C7H7N5O/c1-2-15-11-14-7-6-10-17(18-12-21-13-24-18)19(14)20(23)22(15)16-8-4-3-5-9-16;8-5-4(6(9)13)7-10-2-1-3-12(7)11-5/h3-13H,2H2,1H3;1-3H,(H2,8,11)(H2,9,13). The van der Waals surface area contributed by atoms with Crippen LogP contribution in [0.5, 0.6) is 0 Å². The molecule has 0 radical (unpaired) electrons. The third-order valence-electron chi connectivity index (χ3n) is 5.87. The molecule has 0 spiro atoms. The van der Waals surface area contributed by atoms with E-state index in [-0.39, 0.29) is 16.9 Å². The zero-order valence-electron chi connectivity index (χ0n) is 19.9. The summed E-state index contributed by atoms with van der Waals surface area (Å²) in [4.78, 5) is 33.4. The first-order valence-corrected chi connectivity index (χ1v) is 12.4. The molecule has 0 atom stereocenters. The molecule has 4 heterocycles. The molecular formula is C27H23N7O2S. The van der Waals surface area contributed by atoms with E-state index in [0.717, 1.165) is 39.0 Å². The minimum Gasteiger partial charge on any atom is -0.381 e. The number of hydrogen-bond donors (Lipinski definition) is 2. The summed E-state index contributed by atoms with van der Waals surface area (Å²) in [6.45, 7) is 2.08. The van der Waals surface area contributed by atoms with Crippen molar-refractivity contribution in [2.45, 2.75) is 13.3 Å². The molecule has 10 heteroatoms. The minimum atomic E-state index is -0.619. The van der Waals surface area contributed by atoms with Crippen LogP contribution in [0.4, 0.5) is 5.82 Å². The highest BCUT2D eigenvalue weighted by Gasteiger charge is 2.16. The molecule has 6 aromatic rings. The maximum absolute atomic E-state index is 13.4. The Morgan fingerprint density at radius 3 is 2.59 bits per heavy atom. The summed E-state index contributed by atoms with van der Waals surface area (Å²) in [5, 5.41) is 5.60. The number of pyridine rings is 1. The van der Waals surface area contributed by atoms with Gasteiger partial charge in [0.2, 0.25) is 0 Å². The van der Waals surface area contributed by atoms with Crippen LogP contribution >= 0.6 is 11.3 Å². The highest BCUT2D eigenvalue weighted by atomic mass is 32.1. The summed E-state index contributed by atoms with van der Waals surface area (Å²) in [7, 11) is 0. The molecular weight excluding hydrogens is 486 g/mol. The number of hydrogen-bond acceptors (Lipinski definition) is 7. The van der Waals surface area contributed by atoms with Crippen LogP contribution in [0.2, 0.25) is 0 Å². The number of fused-ring (bicyclic) bond motifs is 2. The van der Waals surface area contributed by atoms with Gasteiger partial charge < -0.3 is 11.5 Å². The molecule has 1 amide bonds. The van der Waals surface area contributed by atoms with Crippen LogP contribution in [0, 0.1) is 0 Å². The van der Waals surface area contributed by atoms with Gasteiger partial charge in [-0.25, -0.2) is 9.50 Å². The first-order valence-electron chi connectivity index (χ1n) is 11.5. The highest BCUT2D eigenvalue weighted by molar-refractivity contribution is 7.13. The highest BCUT2D eigenvalue weighted by Crippen LogP contribution is 2.30. The summed E-state index contributed by atoms with van der Waals surface area (Å²) >= 11 is 1.55. The molecule has 0 saturated heterocycles. The van der Waals surface area contributed by atoms with Gasteiger partial charge >= 0.3 is 0 Å². The fraction of sp³-hybridized carbons (Fsp3) is 0.0741. The molecule has 6 rings (SSSR count). The zero-order valence-corrected chi connectivity index (χ0v) is 20.7. The van der Waals surface area contributed by atoms with Crippen molar-refractivity contribution in [2.24, 2.45) is 5.73 Å². The average Bonchev–Trinajstić information content (AvgIpc) is 3.56. The number of carbonyl (C=O) groups is 1. The van der Waals surface area contributed by atoms with Gasteiger partial charge in [-0.2, -0.15) is 0 Å². The van der Waals surface area contributed by atoms with Crippen LogP contribution in [0.3, 0.4) is 0 Å². The molecule has 0 aliphatic rings. The van der Waals surface area contributed by atoms with E-state index in [1.165, 1.54) is 4.52 Å². The van der Waals surface area contributed by atoms with Crippen LogP contribution in [-0.2, 0) is 6.42 Å². The van der Waals surface area contributed by atoms with E-state index >= 15 is 0 Å². The SMILES string of the molecule is CCc1cc2cccc(-c3cncs3)c2c(=O)n1-c1ccccc1.NC(=O)c1c(N)nn2cccnc12. The zero-order chi connectivity index (χ0) is 25.9. The van der Waals surface area contributed by atoms with E-state index in [1.807, 2.05) is 59.3 Å². The van der Waals surface area contributed by atoms with Gasteiger partial charge in [-0.3, -0.25) is 19.1 Å². The summed E-state index contributed by atoms with van der Waals surface area (Å²) < 4.78 is 3.24. The quantitative estimate of drug-likeness (QED) is 0.368. The number of para-hydroxylation sites is 1. The van der Waals surface area contributed by atoms with Crippen molar-refractivity contribution in [2.75, 3.05) is 5.73 Å². The molecule has 9 nitrogen and oxygen atoms in total. The Morgan fingerprint density at radius 2 is 1.89 bits per heavy atom. The van der Waals surface area contributed by atoms with Crippen LogP contribution in [0.1, 0.15) is 23.0 Å². The van der Waals surface area contributed by atoms with Gasteiger partial charge in [0.15, 0.2) is 11.5 Å². The van der Waals surface area contributed by atoms with Crippen molar-refractivity contribution in [3.05, 3.63) is 106 Å². The molecule has 37 heavy (non-hydrogen) atoms. The lowest BCUT2D eigenvalue weighted by Gasteiger charge is -2.15. The van der Waals surface area contributed by atoms with Gasteiger partial charge in [-0.1, -0.05) is 43.3 Å². The number of aromatic nitrogens is 5. The third-order valence-corrected chi connectivity index (χ3v) is 6.67. The van der Waals surface area contributed by atoms with E-state index in [4.69, 9.17) is 11.5 Å². The van der Waals surface area contributed by atoms with E-state index in [1.54, 1.807) is 35.3 Å². The first-order chi connectivity index (χ1) is 18.0. The van der Waals surface area contributed by atoms with Crippen molar-refractivity contribution in [3.63, 3.8) is 0 Å². The smallest absolute Gasteiger partial charge is 0.263 e. The van der Waals surface area contributed by atoms with E-state index in [0.29, 0.717) is 5.65 Å². The van der Waals surface area contributed by atoms with Gasteiger partial charge in [-0.15, -0.1) is 16.4 Å². The number of thiazole rings is 1. The van der Waals surface area contributed by atoms with E-state index in [2.05, 4.69) is 28.1 Å². The van der Waals surface area contributed by atoms with Crippen LogP contribution in [0.25, 0.3) is 32.5 Å². The number of rotatable bonds is 4. The summed E-state index contributed by atoms with van der Waals surface area (Å²) in [6.07, 6.45) is 5.80. The number of nitrogens with zero attached hydrogens (tertiary/aromatic N) is 5. The number of anilines is 1. The largest absolute Gasteiger partial charge is 0.381 e. The predicted molar refractivity (Wildman–Crippen MR) is 146 cm³/mol. The number of amides is 1. The molecule has 0 bridgehead atoms. The number of nitrogen functional groups attached to an aromatic ring is 1. The number of aryl methyl sites for hydroxylation is 1. The molecule has 2 aromatic carbocycles. The fourth-order valence-electron chi connectivity index (χ4n) is 4.23. The first kappa shape index (κ1) is 23.9. The molecule has 0 aliphatic carbocycles. The number of nitrogens with two attached hydrogens (primary N) is 2. The topological polar surface area (TPSA) is 134 Å². The molecule has 0 unspecified atom stereocenters. The van der Waals surface area contributed by atoms with E-state index in [9.17, 15) is 9.59 Å². The second kappa shape index (κ2) is 10.0. The van der Waals surface area contributed by atoms with Crippen molar-refractivity contribution in [1.29, 1.82) is 0 Å². The van der Waals surface area contributed by atoms with Crippen molar-refractivity contribution < 1.29 is 4.79 Å². The van der Waals surface area contributed by atoms with Crippen LogP contribution in [0.15, 0.2) is 89.6 Å². The van der Waals surface area contributed by atoms with Crippen LogP contribution < -0.4 is 17.0 Å². The molecule has 0 fully saturated rings. The molecule has 4 N–H and O–H groups in total. The maximum atomic E-state index is 13.4.